The lowest BCUT2D eigenvalue weighted by Crippen LogP contribution is -2.46. The topological polar surface area (TPSA) is 67.2 Å². The van der Waals surface area contributed by atoms with Crippen molar-refractivity contribution in [1.29, 1.82) is 0 Å². The molecule has 4 nitrogen and oxygen atoms in total. The monoisotopic (exact) mass is 201 g/mol. The van der Waals surface area contributed by atoms with E-state index in [2.05, 4.69) is 17.6 Å². The Hall–Kier alpha value is -0.610. The third-order valence-electron chi connectivity index (χ3n) is 2.10. The first kappa shape index (κ1) is 13.4. The first-order chi connectivity index (χ1) is 6.61. The van der Waals surface area contributed by atoms with Gasteiger partial charge in [0.05, 0.1) is 6.04 Å². The Morgan fingerprint density at radius 1 is 1.43 bits per heavy atom. The van der Waals surface area contributed by atoms with Gasteiger partial charge in [0.1, 0.15) is 0 Å². The lowest BCUT2D eigenvalue weighted by Gasteiger charge is -2.17. The molecular weight excluding hydrogens is 178 g/mol. The first-order valence-electron chi connectivity index (χ1n) is 5.35. The molecule has 0 rings (SSSR count). The molecule has 0 aromatic heterocycles. The number of nitrogens with two attached hydrogens (primary N) is 1. The number of carbonyl (C=O) groups excluding carboxylic acids is 1. The smallest absolute Gasteiger partial charge is 0.237 e. The zero-order valence-corrected chi connectivity index (χ0v) is 9.47. The van der Waals surface area contributed by atoms with Crippen LogP contribution in [-0.4, -0.2) is 31.1 Å². The summed E-state index contributed by atoms with van der Waals surface area (Å²) in [6.45, 7) is 7.22. The predicted octanol–water partition coefficient (Wildman–Crippen LogP) is 0.228. The summed E-state index contributed by atoms with van der Waals surface area (Å²) < 4.78 is 0. The van der Waals surface area contributed by atoms with Crippen LogP contribution >= 0.6 is 0 Å². The highest BCUT2D eigenvalue weighted by molar-refractivity contribution is 5.81. The summed E-state index contributed by atoms with van der Waals surface area (Å²) in [6.07, 6.45) is 2.11. The van der Waals surface area contributed by atoms with Gasteiger partial charge >= 0.3 is 0 Å². The van der Waals surface area contributed by atoms with Gasteiger partial charge in [0.2, 0.25) is 5.91 Å². The van der Waals surface area contributed by atoms with E-state index in [0.29, 0.717) is 13.1 Å². The van der Waals surface area contributed by atoms with Crippen molar-refractivity contribution in [2.75, 3.05) is 13.1 Å². The third-order valence-corrected chi connectivity index (χ3v) is 2.10. The number of nitrogens with one attached hydrogen (secondary N) is 2. The van der Waals surface area contributed by atoms with E-state index in [4.69, 9.17) is 5.73 Å². The fourth-order valence-electron chi connectivity index (χ4n) is 1.27. The molecule has 0 saturated heterocycles. The van der Waals surface area contributed by atoms with Crippen molar-refractivity contribution in [3.8, 4) is 0 Å². The summed E-state index contributed by atoms with van der Waals surface area (Å²) in [5.41, 5.74) is 5.33. The minimum atomic E-state index is -0.155. The molecule has 2 atom stereocenters. The second kappa shape index (κ2) is 7.76. The lowest BCUT2D eigenvalue weighted by atomic mass is 10.2. The molecule has 1 amide bonds. The molecule has 4 heteroatoms. The highest BCUT2D eigenvalue weighted by Gasteiger charge is 2.13. The maximum Gasteiger partial charge on any atom is 0.237 e. The summed E-state index contributed by atoms with van der Waals surface area (Å²) in [5.74, 6) is 0.0550. The second-order valence-corrected chi connectivity index (χ2v) is 3.66. The Kier molecular flexibility index (Phi) is 7.42. The minimum absolute atomic E-state index is 0.0550. The summed E-state index contributed by atoms with van der Waals surface area (Å²) in [4.78, 5) is 11.5. The van der Waals surface area contributed by atoms with Crippen LogP contribution in [0.15, 0.2) is 0 Å². The Morgan fingerprint density at radius 2 is 2.07 bits per heavy atom. The Morgan fingerprint density at radius 3 is 2.57 bits per heavy atom. The maximum atomic E-state index is 11.5. The molecular formula is C10H23N3O. The van der Waals surface area contributed by atoms with Gasteiger partial charge < -0.3 is 16.4 Å². The molecule has 0 aliphatic heterocycles. The number of hydrogen-bond acceptors (Lipinski definition) is 3. The standard InChI is InChI=1S/C10H23N3O/c1-4-5-8(2)13-10(14)9(3)12-7-6-11/h8-9,12H,4-7,11H2,1-3H3,(H,13,14). The van der Waals surface area contributed by atoms with Crippen LogP contribution in [0.25, 0.3) is 0 Å². The second-order valence-electron chi connectivity index (χ2n) is 3.66. The molecule has 0 bridgehead atoms. The van der Waals surface area contributed by atoms with E-state index in [-0.39, 0.29) is 18.0 Å². The van der Waals surface area contributed by atoms with Crippen LogP contribution in [0.1, 0.15) is 33.6 Å². The molecule has 0 radical (unpaired) electrons. The average Bonchev–Trinajstić information content (AvgIpc) is 2.14. The third kappa shape index (κ3) is 5.94. The number of carbonyl (C=O) groups is 1. The fourth-order valence-corrected chi connectivity index (χ4v) is 1.27. The fraction of sp³-hybridized carbons (Fsp3) is 0.900. The lowest BCUT2D eigenvalue weighted by molar-refractivity contribution is -0.123. The Labute approximate surface area is 86.6 Å². The summed E-state index contributed by atoms with van der Waals surface area (Å²) >= 11 is 0. The van der Waals surface area contributed by atoms with Crippen molar-refractivity contribution in [2.45, 2.75) is 45.7 Å². The zero-order valence-electron chi connectivity index (χ0n) is 9.47. The van der Waals surface area contributed by atoms with Crippen LogP contribution in [0.4, 0.5) is 0 Å². The van der Waals surface area contributed by atoms with Crippen LogP contribution in [0.2, 0.25) is 0 Å². The van der Waals surface area contributed by atoms with Gasteiger partial charge in [-0.1, -0.05) is 13.3 Å². The SMILES string of the molecule is CCCC(C)NC(=O)C(C)NCCN. The van der Waals surface area contributed by atoms with Gasteiger partial charge in [-0.2, -0.15) is 0 Å². The van der Waals surface area contributed by atoms with Crippen LogP contribution < -0.4 is 16.4 Å². The summed E-state index contributed by atoms with van der Waals surface area (Å²) in [7, 11) is 0. The Bertz CT molecular complexity index is 161. The molecule has 0 fully saturated rings. The number of amides is 1. The molecule has 2 unspecified atom stereocenters. The van der Waals surface area contributed by atoms with Crippen molar-refractivity contribution in [3.63, 3.8) is 0 Å². The zero-order chi connectivity index (χ0) is 11.0. The van der Waals surface area contributed by atoms with Crippen molar-refractivity contribution < 1.29 is 4.79 Å². The average molecular weight is 201 g/mol. The van der Waals surface area contributed by atoms with Crippen molar-refractivity contribution >= 4 is 5.91 Å². The highest BCUT2D eigenvalue weighted by atomic mass is 16.2. The van der Waals surface area contributed by atoms with E-state index in [9.17, 15) is 4.79 Å². The van der Waals surface area contributed by atoms with Crippen LogP contribution in [-0.2, 0) is 4.79 Å². The molecule has 0 aromatic carbocycles. The molecule has 0 spiro atoms. The van der Waals surface area contributed by atoms with Gasteiger partial charge in [0.25, 0.3) is 0 Å². The van der Waals surface area contributed by atoms with E-state index < -0.39 is 0 Å². The minimum Gasteiger partial charge on any atom is -0.352 e. The summed E-state index contributed by atoms with van der Waals surface area (Å²) in [6, 6.07) is 0.104. The molecule has 0 saturated carbocycles. The van der Waals surface area contributed by atoms with Gasteiger partial charge in [-0.15, -0.1) is 0 Å². The highest BCUT2D eigenvalue weighted by Crippen LogP contribution is 1.95. The predicted molar refractivity (Wildman–Crippen MR) is 59.0 cm³/mol. The molecule has 0 heterocycles. The maximum absolute atomic E-state index is 11.5. The molecule has 4 N–H and O–H groups in total. The molecule has 0 aliphatic rings. The van der Waals surface area contributed by atoms with Crippen LogP contribution in [0.5, 0.6) is 0 Å². The molecule has 14 heavy (non-hydrogen) atoms. The van der Waals surface area contributed by atoms with Crippen LogP contribution in [0.3, 0.4) is 0 Å². The first-order valence-corrected chi connectivity index (χ1v) is 5.35. The van der Waals surface area contributed by atoms with Gasteiger partial charge in [0.15, 0.2) is 0 Å². The number of rotatable bonds is 7. The van der Waals surface area contributed by atoms with Crippen molar-refractivity contribution in [1.82, 2.24) is 10.6 Å². The van der Waals surface area contributed by atoms with Gasteiger partial charge in [-0.05, 0) is 20.3 Å². The van der Waals surface area contributed by atoms with Crippen molar-refractivity contribution in [2.24, 2.45) is 5.73 Å². The van der Waals surface area contributed by atoms with Crippen molar-refractivity contribution in [3.05, 3.63) is 0 Å². The quantitative estimate of drug-likeness (QED) is 0.552. The number of hydrogen-bond donors (Lipinski definition) is 3. The van der Waals surface area contributed by atoms with E-state index >= 15 is 0 Å². The molecule has 0 aliphatic carbocycles. The van der Waals surface area contributed by atoms with Gasteiger partial charge in [0, 0.05) is 19.1 Å². The molecule has 84 valence electrons. The van der Waals surface area contributed by atoms with E-state index in [1.165, 1.54) is 0 Å². The largest absolute Gasteiger partial charge is 0.352 e. The summed E-state index contributed by atoms with van der Waals surface area (Å²) in [5, 5.41) is 5.99. The normalized spacial score (nSPS) is 14.9. The van der Waals surface area contributed by atoms with Crippen LogP contribution in [0, 0.1) is 0 Å². The van der Waals surface area contributed by atoms with Gasteiger partial charge in [-0.3, -0.25) is 4.79 Å². The van der Waals surface area contributed by atoms with E-state index in [1.54, 1.807) is 0 Å². The molecule has 0 aromatic rings. The Balaban J connectivity index is 3.71. The van der Waals surface area contributed by atoms with E-state index in [1.807, 2.05) is 13.8 Å². The van der Waals surface area contributed by atoms with Gasteiger partial charge in [-0.25, -0.2) is 0 Å². The van der Waals surface area contributed by atoms with E-state index in [0.717, 1.165) is 12.8 Å².